The second-order valence-corrected chi connectivity index (χ2v) is 14.2. The minimum absolute atomic E-state index is 0.576. The van der Waals surface area contributed by atoms with Crippen molar-refractivity contribution in [1.82, 2.24) is 0 Å². The fourth-order valence-electron chi connectivity index (χ4n) is 8.61. The van der Waals surface area contributed by atoms with Gasteiger partial charge in [-0.25, -0.2) is 0 Å². The summed E-state index contributed by atoms with van der Waals surface area (Å²) in [5.41, 5.74) is 9.67. The zero-order valence-corrected chi connectivity index (χ0v) is 26.8. The van der Waals surface area contributed by atoms with E-state index >= 15 is 0 Å². The number of halogens is 1. The number of hydrogen-bond donors (Lipinski definition) is 1. The molecule has 1 nitrogen and oxygen atoms in total. The predicted molar refractivity (Wildman–Crippen MR) is 196 cm³/mol. The molecule has 0 fully saturated rings. The van der Waals surface area contributed by atoms with Crippen LogP contribution in [0, 0.1) is 0 Å². The summed E-state index contributed by atoms with van der Waals surface area (Å²) < 4.78 is 2.51. The number of benzene rings is 7. The Bertz CT molecular complexity index is 2480. The van der Waals surface area contributed by atoms with Crippen LogP contribution in [0.25, 0.3) is 42.4 Å². The quantitative estimate of drug-likeness (QED) is 0.200. The molecule has 2 aliphatic carbocycles. The molecule has 0 amide bonds. The smallest absolute Gasteiger partial charge is 0.141 e. The zero-order chi connectivity index (χ0) is 31.3. The standard InChI is InChI=1S/C44H27ClOS/c45-28-22-23-36(32(26-28)27-21-24-42-33(25-27)31-13-3-10-20-41(31)47-42)44(46)39-18-8-6-16-37(39)43(38-17-7-9-19-40(38)44)34-14-4-1-11-29(34)30-12-2-5-15-35(30)43/h1-26,46H. The minimum atomic E-state index is -1.45. The van der Waals surface area contributed by atoms with Gasteiger partial charge in [0.2, 0.25) is 0 Å². The van der Waals surface area contributed by atoms with Crippen molar-refractivity contribution in [1.29, 1.82) is 0 Å². The van der Waals surface area contributed by atoms with Crippen LogP contribution < -0.4 is 0 Å². The van der Waals surface area contributed by atoms with Crippen LogP contribution >= 0.6 is 22.9 Å². The first-order chi connectivity index (χ1) is 23.1. The van der Waals surface area contributed by atoms with E-state index in [1.165, 1.54) is 42.4 Å². The Morgan fingerprint density at radius 1 is 0.426 bits per heavy atom. The number of hydrogen-bond acceptors (Lipinski definition) is 2. The fraction of sp³-hybridized carbons (Fsp3) is 0.0455. The highest BCUT2D eigenvalue weighted by molar-refractivity contribution is 7.25. The summed E-state index contributed by atoms with van der Waals surface area (Å²) in [5, 5.41) is 16.7. The van der Waals surface area contributed by atoms with Crippen LogP contribution in [0.15, 0.2) is 158 Å². The van der Waals surface area contributed by atoms with Crippen LogP contribution in [-0.4, -0.2) is 5.11 Å². The Kier molecular flexibility index (Phi) is 5.64. The van der Waals surface area contributed by atoms with Crippen molar-refractivity contribution in [2.24, 2.45) is 0 Å². The maximum absolute atomic E-state index is 13.6. The van der Waals surface area contributed by atoms with Gasteiger partial charge in [0.15, 0.2) is 0 Å². The monoisotopic (exact) mass is 638 g/mol. The molecule has 0 radical (unpaired) electrons. The minimum Gasteiger partial charge on any atom is -0.376 e. The number of aliphatic hydroxyl groups is 1. The van der Waals surface area contributed by atoms with Crippen molar-refractivity contribution < 1.29 is 5.11 Å². The van der Waals surface area contributed by atoms with E-state index in [0.717, 1.165) is 38.9 Å². The molecule has 10 rings (SSSR count). The normalized spacial score (nSPS) is 14.9. The van der Waals surface area contributed by atoms with E-state index in [-0.39, 0.29) is 0 Å². The molecule has 0 saturated carbocycles. The van der Waals surface area contributed by atoms with Crippen molar-refractivity contribution in [3.8, 4) is 22.3 Å². The van der Waals surface area contributed by atoms with E-state index in [4.69, 9.17) is 11.6 Å². The molecule has 47 heavy (non-hydrogen) atoms. The molecule has 1 aromatic heterocycles. The zero-order valence-electron chi connectivity index (χ0n) is 25.2. The Hall–Kier alpha value is -4.99. The third-order valence-corrected chi connectivity index (χ3v) is 11.8. The van der Waals surface area contributed by atoms with Crippen LogP contribution in [-0.2, 0) is 11.0 Å². The van der Waals surface area contributed by atoms with Crippen LogP contribution in [0.1, 0.15) is 38.9 Å². The first kappa shape index (κ1) is 27.2. The molecule has 1 heterocycles. The highest BCUT2D eigenvalue weighted by Crippen LogP contribution is 2.63. The average Bonchev–Trinajstić information content (AvgIpc) is 3.64. The van der Waals surface area contributed by atoms with Gasteiger partial charge >= 0.3 is 0 Å². The third kappa shape index (κ3) is 3.48. The van der Waals surface area contributed by atoms with E-state index in [9.17, 15) is 5.11 Å². The van der Waals surface area contributed by atoms with Gasteiger partial charge in [-0.05, 0) is 86.0 Å². The molecule has 7 aromatic carbocycles. The van der Waals surface area contributed by atoms with Gasteiger partial charge in [0, 0.05) is 30.8 Å². The van der Waals surface area contributed by atoms with Gasteiger partial charge in [-0.3, -0.25) is 0 Å². The summed E-state index contributed by atoms with van der Waals surface area (Å²) in [5.74, 6) is 0. The molecule has 1 spiro atoms. The van der Waals surface area contributed by atoms with Gasteiger partial charge in [-0.1, -0.05) is 139 Å². The molecule has 2 aliphatic rings. The molecule has 0 bridgehead atoms. The number of fused-ring (bicyclic) bond motifs is 12. The summed E-state index contributed by atoms with van der Waals surface area (Å²) in [6, 6.07) is 55.6. The van der Waals surface area contributed by atoms with Crippen molar-refractivity contribution >= 4 is 43.1 Å². The van der Waals surface area contributed by atoms with Crippen molar-refractivity contribution in [2.75, 3.05) is 0 Å². The van der Waals surface area contributed by atoms with E-state index < -0.39 is 11.0 Å². The van der Waals surface area contributed by atoms with Gasteiger partial charge in [0.1, 0.15) is 5.60 Å². The van der Waals surface area contributed by atoms with Crippen LogP contribution in [0.5, 0.6) is 0 Å². The van der Waals surface area contributed by atoms with E-state index in [0.29, 0.717) is 5.02 Å². The summed E-state index contributed by atoms with van der Waals surface area (Å²) in [4.78, 5) is 0. The lowest BCUT2D eigenvalue weighted by Crippen LogP contribution is -2.44. The van der Waals surface area contributed by atoms with E-state index in [1.54, 1.807) is 11.3 Å². The van der Waals surface area contributed by atoms with Crippen LogP contribution in [0.3, 0.4) is 0 Å². The molecule has 222 valence electrons. The average molecular weight is 639 g/mol. The largest absolute Gasteiger partial charge is 0.376 e. The highest BCUT2D eigenvalue weighted by Gasteiger charge is 2.56. The van der Waals surface area contributed by atoms with Gasteiger partial charge in [-0.2, -0.15) is 0 Å². The fourth-order valence-corrected chi connectivity index (χ4v) is 9.87. The van der Waals surface area contributed by atoms with Crippen molar-refractivity contribution in [3.63, 3.8) is 0 Å². The van der Waals surface area contributed by atoms with E-state index in [1.807, 2.05) is 18.2 Å². The van der Waals surface area contributed by atoms with Gasteiger partial charge in [-0.15, -0.1) is 11.3 Å². The van der Waals surface area contributed by atoms with Gasteiger partial charge < -0.3 is 5.11 Å². The lowest BCUT2D eigenvalue weighted by atomic mass is 9.56. The first-order valence-electron chi connectivity index (χ1n) is 15.9. The van der Waals surface area contributed by atoms with Crippen molar-refractivity contribution in [3.05, 3.63) is 202 Å². The summed E-state index contributed by atoms with van der Waals surface area (Å²) >= 11 is 8.58. The highest BCUT2D eigenvalue weighted by atomic mass is 35.5. The Labute approximate surface area is 282 Å². The summed E-state index contributed by atoms with van der Waals surface area (Å²) in [6.07, 6.45) is 0. The SMILES string of the molecule is OC1(c2ccc(Cl)cc2-c2ccc3sc4ccccc4c3c2)c2ccccc2C2(c3ccccc3-c3ccccc32)c2ccccc21. The lowest BCUT2D eigenvalue weighted by Gasteiger charge is -2.47. The van der Waals surface area contributed by atoms with Crippen LogP contribution in [0.2, 0.25) is 5.02 Å². The number of thiophene rings is 1. The number of rotatable bonds is 2. The van der Waals surface area contributed by atoms with E-state index in [2.05, 4.69) is 140 Å². The molecular formula is C44H27ClOS. The Morgan fingerprint density at radius 2 is 0.957 bits per heavy atom. The molecule has 0 atom stereocenters. The molecule has 1 N–H and O–H groups in total. The van der Waals surface area contributed by atoms with Crippen molar-refractivity contribution in [2.45, 2.75) is 11.0 Å². The second kappa shape index (κ2) is 9.76. The first-order valence-corrected chi connectivity index (χ1v) is 17.1. The molecular weight excluding hydrogens is 612 g/mol. The summed E-state index contributed by atoms with van der Waals surface area (Å²) in [7, 11) is 0. The molecule has 0 saturated heterocycles. The Morgan fingerprint density at radius 3 is 1.62 bits per heavy atom. The summed E-state index contributed by atoms with van der Waals surface area (Å²) in [6.45, 7) is 0. The molecule has 3 heteroatoms. The molecule has 8 aromatic rings. The van der Waals surface area contributed by atoms with Gasteiger partial charge in [0.05, 0.1) is 5.41 Å². The maximum atomic E-state index is 13.6. The van der Waals surface area contributed by atoms with Gasteiger partial charge in [0.25, 0.3) is 0 Å². The Balaban J connectivity index is 1.30. The third-order valence-electron chi connectivity index (χ3n) is 10.5. The molecule has 0 unspecified atom stereocenters. The second-order valence-electron chi connectivity index (χ2n) is 12.6. The topological polar surface area (TPSA) is 20.2 Å². The maximum Gasteiger partial charge on any atom is 0.141 e. The molecule has 0 aliphatic heterocycles. The lowest BCUT2D eigenvalue weighted by molar-refractivity contribution is 0.119. The predicted octanol–water partition coefficient (Wildman–Crippen LogP) is 11.3. The van der Waals surface area contributed by atoms with Crippen LogP contribution in [0.4, 0.5) is 0 Å².